The largest absolute Gasteiger partial charge is 0.373 e. The summed E-state index contributed by atoms with van der Waals surface area (Å²) in [5.41, 5.74) is -0.140. The molecule has 1 heterocycles. The SMILES string of the molecule is CCNC(c1ccc(Cl)s1)C(CC)(CC)OCC. The fourth-order valence-corrected chi connectivity index (χ4v) is 3.71. The van der Waals surface area contributed by atoms with Crippen LogP contribution in [0.2, 0.25) is 4.34 Å². The fourth-order valence-electron chi connectivity index (χ4n) is 2.47. The molecule has 18 heavy (non-hydrogen) atoms. The van der Waals surface area contributed by atoms with Crippen molar-refractivity contribution in [1.82, 2.24) is 5.32 Å². The Morgan fingerprint density at radius 2 is 1.94 bits per heavy atom. The fraction of sp³-hybridized carbons (Fsp3) is 0.714. The number of halogens is 1. The van der Waals surface area contributed by atoms with Gasteiger partial charge < -0.3 is 10.1 Å². The van der Waals surface area contributed by atoms with Gasteiger partial charge in [-0.2, -0.15) is 0 Å². The van der Waals surface area contributed by atoms with E-state index in [-0.39, 0.29) is 11.6 Å². The summed E-state index contributed by atoms with van der Waals surface area (Å²) < 4.78 is 6.95. The third kappa shape index (κ3) is 3.47. The zero-order chi connectivity index (χ0) is 13.6. The molecule has 0 aliphatic carbocycles. The molecular weight excluding hydrogens is 266 g/mol. The highest BCUT2D eigenvalue weighted by atomic mass is 35.5. The average Bonchev–Trinajstić information content (AvgIpc) is 2.80. The number of likely N-dealkylation sites (N-methyl/N-ethyl adjacent to an activating group) is 1. The van der Waals surface area contributed by atoms with Gasteiger partial charge >= 0.3 is 0 Å². The van der Waals surface area contributed by atoms with Crippen LogP contribution in [0.5, 0.6) is 0 Å². The normalized spacial score (nSPS) is 13.8. The van der Waals surface area contributed by atoms with E-state index in [1.54, 1.807) is 11.3 Å². The van der Waals surface area contributed by atoms with Gasteiger partial charge in [-0.3, -0.25) is 0 Å². The van der Waals surface area contributed by atoms with E-state index in [9.17, 15) is 0 Å². The molecule has 0 saturated heterocycles. The Kier molecular flexibility index (Phi) is 6.64. The molecule has 0 amide bonds. The number of ether oxygens (including phenoxy) is 1. The molecular formula is C14H24ClNOS. The number of nitrogens with one attached hydrogen (secondary N) is 1. The van der Waals surface area contributed by atoms with Crippen molar-refractivity contribution >= 4 is 22.9 Å². The third-order valence-corrected chi connectivity index (χ3v) is 4.74. The van der Waals surface area contributed by atoms with Crippen molar-refractivity contribution in [1.29, 1.82) is 0 Å². The maximum atomic E-state index is 6.11. The minimum atomic E-state index is -0.140. The van der Waals surface area contributed by atoms with E-state index in [1.807, 2.05) is 6.07 Å². The van der Waals surface area contributed by atoms with Crippen LogP contribution in [0.4, 0.5) is 0 Å². The van der Waals surface area contributed by atoms with Crippen LogP contribution < -0.4 is 5.32 Å². The van der Waals surface area contributed by atoms with Crippen LogP contribution in [0.1, 0.15) is 51.5 Å². The smallest absolute Gasteiger partial charge is 0.0931 e. The average molecular weight is 290 g/mol. The minimum absolute atomic E-state index is 0.140. The monoisotopic (exact) mass is 289 g/mol. The predicted octanol–water partition coefficient (Wildman–Crippen LogP) is 4.65. The highest BCUT2D eigenvalue weighted by Crippen LogP contribution is 2.39. The first-order chi connectivity index (χ1) is 8.63. The Bertz CT molecular complexity index is 349. The summed E-state index contributed by atoms with van der Waals surface area (Å²) >= 11 is 7.71. The first kappa shape index (κ1) is 16.0. The molecule has 104 valence electrons. The molecule has 2 nitrogen and oxygen atoms in total. The molecule has 0 radical (unpaired) electrons. The number of thiophene rings is 1. The van der Waals surface area contributed by atoms with E-state index >= 15 is 0 Å². The minimum Gasteiger partial charge on any atom is -0.373 e. The van der Waals surface area contributed by atoms with Gasteiger partial charge in [0, 0.05) is 11.5 Å². The van der Waals surface area contributed by atoms with Gasteiger partial charge in [0.2, 0.25) is 0 Å². The molecule has 0 aliphatic rings. The second-order valence-electron chi connectivity index (χ2n) is 4.34. The zero-order valence-corrected chi connectivity index (χ0v) is 13.3. The number of hydrogen-bond acceptors (Lipinski definition) is 3. The van der Waals surface area contributed by atoms with Gasteiger partial charge in [0.15, 0.2) is 0 Å². The van der Waals surface area contributed by atoms with E-state index in [1.165, 1.54) is 4.88 Å². The molecule has 0 spiro atoms. The maximum absolute atomic E-state index is 6.11. The van der Waals surface area contributed by atoms with E-state index < -0.39 is 0 Å². The second-order valence-corrected chi connectivity index (χ2v) is 6.08. The van der Waals surface area contributed by atoms with Crippen molar-refractivity contribution in [3.05, 3.63) is 21.3 Å². The van der Waals surface area contributed by atoms with Crippen LogP contribution in [0, 0.1) is 0 Å². The van der Waals surface area contributed by atoms with Crippen LogP contribution in [-0.2, 0) is 4.74 Å². The van der Waals surface area contributed by atoms with Crippen LogP contribution in [-0.4, -0.2) is 18.8 Å². The molecule has 0 fully saturated rings. The van der Waals surface area contributed by atoms with E-state index in [2.05, 4.69) is 39.1 Å². The van der Waals surface area contributed by atoms with Crippen molar-refractivity contribution in [3.63, 3.8) is 0 Å². The van der Waals surface area contributed by atoms with E-state index in [4.69, 9.17) is 16.3 Å². The topological polar surface area (TPSA) is 21.3 Å². The summed E-state index contributed by atoms with van der Waals surface area (Å²) in [5.74, 6) is 0. The third-order valence-electron chi connectivity index (χ3n) is 3.44. The van der Waals surface area contributed by atoms with Crippen LogP contribution >= 0.6 is 22.9 Å². The van der Waals surface area contributed by atoms with Crippen molar-refractivity contribution < 1.29 is 4.74 Å². The molecule has 1 aromatic heterocycles. The molecule has 0 saturated carbocycles. The van der Waals surface area contributed by atoms with Crippen LogP contribution in [0.25, 0.3) is 0 Å². The zero-order valence-electron chi connectivity index (χ0n) is 11.8. The van der Waals surface area contributed by atoms with Gasteiger partial charge in [-0.05, 0) is 38.4 Å². The Morgan fingerprint density at radius 3 is 2.33 bits per heavy atom. The lowest BCUT2D eigenvalue weighted by Crippen LogP contribution is -2.45. The quantitative estimate of drug-likeness (QED) is 0.752. The van der Waals surface area contributed by atoms with Gasteiger partial charge in [0.25, 0.3) is 0 Å². The Hall–Kier alpha value is -0.0900. The molecule has 0 aliphatic heterocycles. The van der Waals surface area contributed by atoms with Gasteiger partial charge in [-0.1, -0.05) is 32.4 Å². The highest BCUT2D eigenvalue weighted by Gasteiger charge is 2.37. The summed E-state index contributed by atoms with van der Waals surface area (Å²) in [6, 6.07) is 4.29. The Labute approximate surface area is 120 Å². The molecule has 0 bridgehead atoms. The summed E-state index contributed by atoms with van der Waals surface area (Å²) in [7, 11) is 0. The van der Waals surface area contributed by atoms with Crippen molar-refractivity contribution in [2.24, 2.45) is 0 Å². The molecule has 1 unspecified atom stereocenters. The van der Waals surface area contributed by atoms with Gasteiger partial charge in [0.1, 0.15) is 0 Å². The van der Waals surface area contributed by atoms with Gasteiger partial charge in [-0.25, -0.2) is 0 Å². The molecule has 4 heteroatoms. The van der Waals surface area contributed by atoms with Crippen LogP contribution in [0.15, 0.2) is 12.1 Å². The summed E-state index contributed by atoms with van der Waals surface area (Å²) in [6.45, 7) is 10.2. The molecule has 1 N–H and O–H groups in total. The molecule has 0 aromatic carbocycles. The lowest BCUT2D eigenvalue weighted by molar-refractivity contribution is -0.0722. The lowest BCUT2D eigenvalue weighted by Gasteiger charge is -2.39. The number of rotatable bonds is 8. The van der Waals surface area contributed by atoms with E-state index in [0.717, 1.165) is 30.3 Å². The molecule has 1 aromatic rings. The van der Waals surface area contributed by atoms with Crippen molar-refractivity contribution in [2.75, 3.05) is 13.2 Å². The first-order valence-corrected chi connectivity index (χ1v) is 7.95. The van der Waals surface area contributed by atoms with Gasteiger partial charge in [-0.15, -0.1) is 11.3 Å². The highest BCUT2D eigenvalue weighted by molar-refractivity contribution is 7.16. The summed E-state index contributed by atoms with van der Waals surface area (Å²) in [5, 5.41) is 3.57. The Morgan fingerprint density at radius 1 is 1.28 bits per heavy atom. The van der Waals surface area contributed by atoms with Gasteiger partial charge in [0.05, 0.1) is 16.0 Å². The standard InChI is InChI=1S/C14H24ClNOS/c1-5-14(6-2,17-8-4)13(16-7-3)11-9-10-12(15)18-11/h9-10,13,16H,5-8H2,1-4H3. The molecule has 1 atom stereocenters. The Balaban J connectivity index is 3.07. The van der Waals surface area contributed by atoms with Crippen LogP contribution in [0.3, 0.4) is 0 Å². The second kappa shape index (κ2) is 7.49. The predicted molar refractivity (Wildman–Crippen MR) is 80.7 cm³/mol. The van der Waals surface area contributed by atoms with E-state index in [0.29, 0.717) is 0 Å². The van der Waals surface area contributed by atoms with Crippen molar-refractivity contribution in [2.45, 2.75) is 52.2 Å². The molecule has 1 rings (SSSR count). The summed E-state index contributed by atoms with van der Waals surface area (Å²) in [6.07, 6.45) is 1.98. The lowest BCUT2D eigenvalue weighted by atomic mass is 9.87. The van der Waals surface area contributed by atoms with Crippen molar-refractivity contribution in [3.8, 4) is 0 Å². The number of hydrogen-bond donors (Lipinski definition) is 1. The first-order valence-electron chi connectivity index (χ1n) is 6.76. The summed E-state index contributed by atoms with van der Waals surface area (Å²) in [4.78, 5) is 1.26. The maximum Gasteiger partial charge on any atom is 0.0931 e.